The Morgan fingerprint density at radius 2 is 1.75 bits per heavy atom. The Hall–Kier alpha value is -1.65. The van der Waals surface area contributed by atoms with Crippen LogP contribution in [0.1, 0.15) is 64.7 Å². The van der Waals surface area contributed by atoms with Crippen LogP contribution in [0.3, 0.4) is 0 Å². The van der Waals surface area contributed by atoms with Crippen molar-refractivity contribution in [3.8, 4) is 0 Å². The van der Waals surface area contributed by atoms with Gasteiger partial charge in [-0.2, -0.15) is 0 Å². The van der Waals surface area contributed by atoms with Crippen LogP contribution >= 0.6 is 0 Å². The molecule has 0 unspecified atom stereocenters. The van der Waals surface area contributed by atoms with E-state index < -0.39 is 5.97 Å². The largest absolute Gasteiger partial charge is 0.481 e. The Labute approximate surface area is 146 Å². The summed E-state index contributed by atoms with van der Waals surface area (Å²) in [4.78, 5) is 14.8. The molecule has 0 amide bonds. The lowest BCUT2D eigenvalue weighted by Gasteiger charge is -2.03. The zero-order valence-electron chi connectivity index (χ0n) is 14.8. The van der Waals surface area contributed by atoms with Crippen LogP contribution in [0.25, 0.3) is 0 Å². The van der Waals surface area contributed by atoms with Crippen molar-refractivity contribution >= 4 is 5.97 Å². The second kappa shape index (κ2) is 17.7. The monoisotopic (exact) mass is 336 g/mol. The van der Waals surface area contributed by atoms with E-state index >= 15 is 0 Å². The van der Waals surface area contributed by atoms with Crippen molar-refractivity contribution in [1.29, 1.82) is 0 Å². The van der Waals surface area contributed by atoms with Crippen molar-refractivity contribution in [2.75, 3.05) is 0 Å². The minimum Gasteiger partial charge on any atom is -0.481 e. The number of rotatable bonds is 15. The summed E-state index contributed by atoms with van der Waals surface area (Å²) in [7, 11) is 0. The Morgan fingerprint density at radius 1 is 1.00 bits per heavy atom. The molecule has 0 spiro atoms. The minimum absolute atomic E-state index is 0.217. The zero-order valence-corrected chi connectivity index (χ0v) is 14.8. The first-order valence-corrected chi connectivity index (χ1v) is 8.86. The topological polar surface area (TPSA) is 66.8 Å². The van der Waals surface area contributed by atoms with Crippen molar-refractivity contribution in [3.63, 3.8) is 0 Å². The second-order valence-electron chi connectivity index (χ2n) is 5.65. The molecule has 0 aromatic rings. The smallest absolute Gasteiger partial charge is 0.303 e. The molecule has 0 heterocycles. The average molecular weight is 336 g/mol. The van der Waals surface area contributed by atoms with Gasteiger partial charge >= 0.3 is 5.97 Å². The van der Waals surface area contributed by atoms with Crippen LogP contribution in [-0.4, -0.2) is 22.4 Å². The molecule has 0 radical (unpaired) electrons. The van der Waals surface area contributed by atoms with E-state index in [0.29, 0.717) is 12.8 Å². The summed E-state index contributed by atoms with van der Waals surface area (Å²) < 4.78 is 0. The SMILES string of the molecule is CCCCCC=CC=C[C@@H](CC=CCC=CCCCC(=O)O)OO. The highest BCUT2D eigenvalue weighted by Gasteiger charge is 1.99. The van der Waals surface area contributed by atoms with Gasteiger partial charge in [0.05, 0.1) is 0 Å². The lowest BCUT2D eigenvalue weighted by atomic mass is 10.2. The van der Waals surface area contributed by atoms with Gasteiger partial charge in [-0.25, -0.2) is 4.89 Å². The number of unbranched alkanes of at least 4 members (excludes halogenated alkanes) is 4. The highest BCUT2D eigenvalue weighted by Crippen LogP contribution is 2.04. The van der Waals surface area contributed by atoms with Crippen LogP contribution in [0.5, 0.6) is 0 Å². The molecule has 2 N–H and O–H groups in total. The zero-order chi connectivity index (χ0) is 17.9. The van der Waals surface area contributed by atoms with Crippen molar-refractivity contribution in [2.45, 2.75) is 70.8 Å². The van der Waals surface area contributed by atoms with Crippen LogP contribution in [0, 0.1) is 0 Å². The van der Waals surface area contributed by atoms with Crippen molar-refractivity contribution < 1.29 is 20.0 Å². The molecule has 0 saturated carbocycles. The summed E-state index contributed by atoms with van der Waals surface area (Å²) in [5.74, 6) is -0.748. The lowest BCUT2D eigenvalue weighted by molar-refractivity contribution is -0.264. The van der Waals surface area contributed by atoms with Gasteiger partial charge in [0, 0.05) is 6.42 Å². The maximum atomic E-state index is 10.3. The third kappa shape index (κ3) is 16.7. The summed E-state index contributed by atoms with van der Waals surface area (Å²) in [5, 5.41) is 17.4. The molecule has 0 aliphatic heterocycles. The maximum Gasteiger partial charge on any atom is 0.303 e. The molecule has 0 fully saturated rings. The lowest BCUT2D eigenvalue weighted by Crippen LogP contribution is -2.04. The fourth-order valence-corrected chi connectivity index (χ4v) is 2.02. The Bertz CT molecular complexity index is 408. The van der Waals surface area contributed by atoms with Crippen molar-refractivity contribution in [3.05, 3.63) is 48.6 Å². The molecule has 0 bridgehead atoms. The molecule has 24 heavy (non-hydrogen) atoms. The van der Waals surface area contributed by atoms with Gasteiger partial charge in [-0.05, 0) is 38.5 Å². The molecule has 0 aromatic heterocycles. The summed E-state index contributed by atoms with van der Waals surface area (Å²) >= 11 is 0. The van der Waals surface area contributed by atoms with Gasteiger partial charge in [-0.15, -0.1) is 0 Å². The van der Waals surface area contributed by atoms with E-state index in [4.69, 9.17) is 10.4 Å². The van der Waals surface area contributed by atoms with Crippen LogP contribution < -0.4 is 0 Å². The number of aliphatic carboxylic acids is 1. The molecule has 0 saturated heterocycles. The third-order valence-electron chi connectivity index (χ3n) is 3.42. The standard InChI is InChI=1S/C20H32O4/c1-2-3-4-5-7-10-13-16-19(24-23)17-14-11-8-6-9-12-15-18-20(21)22/h6-7,9-11,13-14,16,19,23H,2-5,8,12,15,17-18H2,1H3,(H,21,22)/t19-/m0/s1. The molecular weight excluding hydrogens is 304 g/mol. The highest BCUT2D eigenvalue weighted by atomic mass is 17.1. The number of hydrogen-bond donors (Lipinski definition) is 2. The third-order valence-corrected chi connectivity index (χ3v) is 3.42. The quantitative estimate of drug-likeness (QED) is 0.133. The Kier molecular flexibility index (Phi) is 16.5. The van der Waals surface area contributed by atoms with Crippen LogP contribution in [0.2, 0.25) is 0 Å². The number of carbonyl (C=O) groups is 1. The predicted octanol–water partition coefficient (Wildman–Crippen LogP) is 5.68. The van der Waals surface area contributed by atoms with Crippen molar-refractivity contribution in [2.24, 2.45) is 0 Å². The molecule has 1 atom stereocenters. The number of carboxylic acids is 1. The normalized spacial score (nSPS) is 13.8. The minimum atomic E-state index is -0.748. The van der Waals surface area contributed by atoms with Gasteiger partial charge in [0.15, 0.2) is 0 Å². The van der Waals surface area contributed by atoms with E-state index in [-0.39, 0.29) is 12.5 Å². The number of allylic oxidation sites excluding steroid dienone is 6. The predicted molar refractivity (Wildman–Crippen MR) is 98.9 cm³/mol. The molecule has 0 rings (SSSR count). The summed E-state index contributed by atoms with van der Waals surface area (Å²) in [6.07, 6.45) is 23.4. The molecule has 4 nitrogen and oxygen atoms in total. The Morgan fingerprint density at radius 3 is 2.46 bits per heavy atom. The molecule has 0 aliphatic rings. The molecular formula is C20H32O4. The van der Waals surface area contributed by atoms with Crippen LogP contribution in [0.15, 0.2) is 48.6 Å². The molecule has 136 valence electrons. The van der Waals surface area contributed by atoms with Gasteiger partial charge < -0.3 is 5.11 Å². The van der Waals surface area contributed by atoms with Crippen LogP contribution in [-0.2, 0) is 9.68 Å². The van der Waals surface area contributed by atoms with E-state index in [0.717, 1.165) is 19.3 Å². The van der Waals surface area contributed by atoms with Crippen molar-refractivity contribution in [1.82, 2.24) is 0 Å². The van der Waals surface area contributed by atoms with Gasteiger partial charge in [0.2, 0.25) is 0 Å². The van der Waals surface area contributed by atoms with E-state index in [9.17, 15) is 4.79 Å². The Balaban J connectivity index is 3.79. The first-order valence-electron chi connectivity index (χ1n) is 8.86. The fraction of sp³-hybridized carbons (Fsp3) is 0.550. The summed E-state index contributed by atoms with van der Waals surface area (Å²) in [5.41, 5.74) is 0. The van der Waals surface area contributed by atoms with Gasteiger partial charge in [-0.3, -0.25) is 10.1 Å². The maximum absolute atomic E-state index is 10.3. The molecule has 4 heteroatoms. The van der Waals surface area contributed by atoms with Crippen LogP contribution in [0.4, 0.5) is 0 Å². The van der Waals surface area contributed by atoms with Gasteiger partial charge in [0.1, 0.15) is 6.10 Å². The first-order chi connectivity index (χ1) is 11.7. The van der Waals surface area contributed by atoms with E-state index in [1.807, 2.05) is 42.5 Å². The number of carboxylic acid groups (broad SMARTS) is 1. The summed E-state index contributed by atoms with van der Waals surface area (Å²) in [6, 6.07) is 0. The molecule has 0 aromatic carbocycles. The number of hydrogen-bond acceptors (Lipinski definition) is 3. The van der Waals surface area contributed by atoms with E-state index in [2.05, 4.69) is 17.9 Å². The molecule has 0 aliphatic carbocycles. The van der Waals surface area contributed by atoms with E-state index in [1.165, 1.54) is 19.3 Å². The second-order valence-corrected chi connectivity index (χ2v) is 5.65. The van der Waals surface area contributed by atoms with Gasteiger partial charge in [0.25, 0.3) is 0 Å². The van der Waals surface area contributed by atoms with E-state index in [1.54, 1.807) is 0 Å². The highest BCUT2D eigenvalue weighted by molar-refractivity contribution is 5.66. The first kappa shape index (κ1) is 22.4. The summed E-state index contributed by atoms with van der Waals surface area (Å²) in [6.45, 7) is 2.19. The van der Waals surface area contributed by atoms with Gasteiger partial charge in [-0.1, -0.05) is 68.4 Å². The fourth-order valence-electron chi connectivity index (χ4n) is 2.02. The average Bonchev–Trinajstić information content (AvgIpc) is 2.57.